The Kier molecular flexibility index (Phi) is 7.71. The average molecular weight is 627 g/mol. The fourth-order valence-electron chi connectivity index (χ4n) is 6.49. The van der Waals surface area contributed by atoms with E-state index in [0.717, 1.165) is 34.0 Å². The summed E-state index contributed by atoms with van der Waals surface area (Å²) in [6.45, 7) is 6.96. The van der Waals surface area contributed by atoms with Crippen LogP contribution in [0.2, 0.25) is 0 Å². The Morgan fingerprint density at radius 2 is 1.91 bits per heavy atom. The van der Waals surface area contributed by atoms with Gasteiger partial charge in [0, 0.05) is 47.4 Å². The minimum absolute atomic E-state index is 0.0729. The molecule has 7 rings (SSSR count). The maximum atomic E-state index is 16.0. The van der Waals surface area contributed by atoms with E-state index < -0.39 is 11.6 Å². The molecule has 1 aliphatic carbocycles. The molecule has 0 spiro atoms. The Balaban J connectivity index is 1.44. The lowest BCUT2D eigenvalue weighted by atomic mass is 9.96. The molecule has 7 nitrogen and oxygen atoms in total. The van der Waals surface area contributed by atoms with Crippen molar-refractivity contribution in [3.63, 3.8) is 0 Å². The van der Waals surface area contributed by atoms with E-state index >= 15 is 4.39 Å². The topological polar surface area (TPSA) is 69.5 Å². The molecule has 1 aliphatic heterocycles. The molecule has 0 bridgehead atoms. The number of benzene rings is 2. The Morgan fingerprint density at radius 3 is 2.69 bits per heavy atom. The zero-order valence-corrected chi connectivity index (χ0v) is 25.8. The number of carbonyl (C=O) groups is 1. The largest absolute Gasteiger partial charge is 0.490 e. The van der Waals surface area contributed by atoms with Gasteiger partial charge in [-0.3, -0.25) is 9.48 Å². The molecule has 4 heterocycles. The van der Waals surface area contributed by atoms with Crippen molar-refractivity contribution in [2.75, 3.05) is 26.9 Å². The van der Waals surface area contributed by atoms with Gasteiger partial charge in [0.15, 0.2) is 0 Å². The minimum Gasteiger partial charge on any atom is -0.490 e. The molecule has 230 valence electrons. The van der Waals surface area contributed by atoms with Crippen molar-refractivity contribution in [1.29, 1.82) is 0 Å². The molecule has 0 radical (unpaired) electrons. The van der Waals surface area contributed by atoms with Crippen LogP contribution in [0, 0.1) is 11.6 Å². The van der Waals surface area contributed by atoms with Crippen LogP contribution in [0.4, 0.5) is 8.78 Å². The normalized spacial score (nSPS) is 19.0. The number of fused-ring (bicyclic) bond motifs is 2. The van der Waals surface area contributed by atoms with Gasteiger partial charge in [-0.25, -0.2) is 13.8 Å². The van der Waals surface area contributed by atoms with Crippen molar-refractivity contribution in [1.82, 2.24) is 19.7 Å². The fraction of sp³-hybridized carbons (Fsp3) is 0.286. The summed E-state index contributed by atoms with van der Waals surface area (Å²) in [6.07, 6.45) is 2.27. The summed E-state index contributed by atoms with van der Waals surface area (Å²) in [4.78, 5) is 19.6. The number of hydrogen-bond donors (Lipinski definition) is 0. The molecule has 0 saturated heterocycles. The molecule has 5 aromatic rings. The van der Waals surface area contributed by atoms with E-state index in [2.05, 4.69) is 18.7 Å². The van der Waals surface area contributed by atoms with Crippen LogP contribution >= 0.6 is 11.3 Å². The quantitative estimate of drug-likeness (QED) is 0.125. The number of rotatable bonds is 9. The summed E-state index contributed by atoms with van der Waals surface area (Å²) in [5, 5.41) is 7.88. The summed E-state index contributed by atoms with van der Waals surface area (Å²) in [5.41, 5.74) is 4.73. The monoisotopic (exact) mass is 626 g/mol. The highest BCUT2D eigenvalue weighted by Gasteiger charge is 2.42. The zero-order valence-electron chi connectivity index (χ0n) is 25.0. The number of hydrogen-bond acceptors (Lipinski definition) is 6. The fourth-order valence-corrected chi connectivity index (χ4v) is 7.45. The van der Waals surface area contributed by atoms with Crippen LogP contribution in [0.25, 0.3) is 32.6 Å². The van der Waals surface area contributed by atoms with E-state index in [4.69, 9.17) is 19.6 Å². The van der Waals surface area contributed by atoms with Crippen LogP contribution in [0.15, 0.2) is 72.6 Å². The smallest absolute Gasteiger partial charge is 0.246 e. The number of amides is 1. The number of carbonyl (C=O) groups excluding carboxylic acids is 1. The first-order chi connectivity index (χ1) is 21.9. The first kappa shape index (κ1) is 29.3. The van der Waals surface area contributed by atoms with E-state index in [1.165, 1.54) is 36.2 Å². The van der Waals surface area contributed by atoms with Crippen LogP contribution in [-0.2, 0) is 16.1 Å². The molecule has 45 heavy (non-hydrogen) atoms. The Bertz CT molecular complexity index is 1920. The number of halogens is 2. The van der Waals surface area contributed by atoms with Gasteiger partial charge >= 0.3 is 0 Å². The molecular weight excluding hydrogens is 594 g/mol. The maximum absolute atomic E-state index is 16.0. The van der Waals surface area contributed by atoms with Gasteiger partial charge in [-0.2, -0.15) is 5.10 Å². The lowest BCUT2D eigenvalue weighted by Gasteiger charge is -2.33. The van der Waals surface area contributed by atoms with Gasteiger partial charge in [0.1, 0.15) is 35.4 Å². The van der Waals surface area contributed by atoms with E-state index in [1.807, 2.05) is 47.3 Å². The SMILES string of the molecule is C=CC(=O)N1CCn2nc(-c3nc(C4CC4c4ccccc4)c4ccsc4c3-c3c(F)cc(F)cc3OCCOC)cc2[C@H]1C. The van der Waals surface area contributed by atoms with E-state index in [0.29, 0.717) is 36.0 Å². The van der Waals surface area contributed by atoms with Crippen molar-refractivity contribution in [2.24, 2.45) is 0 Å². The molecule has 10 heteroatoms. The van der Waals surface area contributed by atoms with Crippen LogP contribution in [0.1, 0.15) is 48.2 Å². The zero-order chi connectivity index (χ0) is 31.2. The molecule has 1 saturated carbocycles. The van der Waals surface area contributed by atoms with Crippen molar-refractivity contribution in [3.05, 3.63) is 101 Å². The maximum Gasteiger partial charge on any atom is 0.246 e. The second-order valence-electron chi connectivity index (χ2n) is 11.4. The molecule has 2 aliphatic rings. The Morgan fingerprint density at radius 1 is 1.09 bits per heavy atom. The van der Waals surface area contributed by atoms with Gasteiger partial charge in [0.25, 0.3) is 0 Å². The highest BCUT2D eigenvalue weighted by atomic mass is 32.1. The number of ether oxygens (including phenoxy) is 2. The molecule has 1 amide bonds. The first-order valence-corrected chi connectivity index (χ1v) is 15.9. The summed E-state index contributed by atoms with van der Waals surface area (Å²) < 4.78 is 44.4. The van der Waals surface area contributed by atoms with Gasteiger partial charge in [0.05, 0.1) is 36.1 Å². The van der Waals surface area contributed by atoms with Crippen LogP contribution in [0.3, 0.4) is 0 Å². The summed E-state index contributed by atoms with van der Waals surface area (Å²) in [5.74, 6) is -1.05. The molecule has 2 aromatic carbocycles. The minimum atomic E-state index is -0.749. The average Bonchev–Trinajstić information content (AvgIpc) is 3.45. The van der Waals surface area contributed by atoms with Crippen LogP contribution in [-0.4, -0.2) is 52.4 Å². The Labute approximate surface area is 263 Å². The highest BCUT2D eigenvalue weighted by molar-refractivity contribution is 7.17. The van der Waals surface area contributed by atoms with Gasteiger partial charge in [-0.05, 0) is 48.4 Å². The third-order valence-corrected chi connectivity index (χ3v) is 9.71. The first-order valence-electron chi connectivity index (χ1n) is 15.0. The molecule has 2 unspecified atom stereocenters. The van der Waals surface area contributed by atoms with Crippen molar-refractivity contribution < 1.29 is 23.0 Å². The molecular formula is C35H32F2N4O3S. The number of pyridine rings is 1. The Hall–Kier alpha value is -4.41. The van der Waals surface area contributed by atoms with Crippen LogP contribution < -0.4 is 4.74 Å². The molecule has 3 atom stereocenters. The van der Waals surface area contributed by atoms with Crippen molar-refractivity contribution >= 4 is 27.3 Å². The molecule has 3 aromatic heterocycles. The third kappa shape index (κ3) is 5.21. The predicted octanol–water partition coefficient (Wildman–Crippen LogP) is 7.49. The third-order valence-electron chi connectivity index (χ3n) is 8.78. The van der Waals surface area contributed by atoms with E-state index in [9.17, 15) is 9.18 Å². The number of nitrogens with zero attached hydrogens (tertiary/aromatic N) is 4. The highest BCUT2D eigenvalue weighted by Crippen LogP contribution is 2.57. The van der Waals surface area contributed by atoms with Gasteiger partial charge in [-0.1, -0.05) is 36.9 Å². The summed E-state index contributed by atoms with van der Waals surface area (Å²) in [6, 6.07) is 16.2. The summed E-state index contributed by atoms with van der Waals surface area (Å²) >= 11 is 1.49. The standard InChI is InChI=1S/C35H32F2N4O3S/c1-4-30(42)40-11-12-41-28(20(40)2)19-27(39-41)34-32(31-26(37)16-22(36)17-29(31)44-14-13-43-3)35-23(10-15-45-35)33(38-34)25-18-24(25)21-8-6-5-7-9-21/h4-10,15-17,19-20,24-25H,1,11-14,18H2,2-3H3/t20-,24?,25?/m1/s1. The molecule has 1 fully saturated rings. The predicted molar refractivity (Wildman–Crippen MR) is 170 cm³/mol. The van der Waals surface area contributed by atoms with E-state index in [1.54, 1.807) is 4.90 Å². The molecule has 0 N–H and O–H groups in total. The van der Waals surface area contributed by atoms with E-state index in [-0.39, 0.29) is 42.4 Å². The number of methoxy groups -OCH3 is 1. The van der Waals surface area contributed by atoms with Gasteiger partial charge < -0.3 is 14.4 Å². The number of aromatic nitrogens is 3. The van der Waals surface area contributed by atoms with Crippen molar-refractivity contribution in [3.8, 4) is 28.3 Å². The second kappa shape index (κ2) is 11.8. The summed E-state index contributed by atoms with van der Waals surface area (Å²) in [7, 11) is 1.54. The van der Waals surface area contributed by atoms with Gasteiger partial charge in [-0.15, -0.1) is 11.3 Å². The van der Waals surface area contributed by atoms with Gasteiger partial charge in [0.2, 0.25) is 5.91 Å². The van der Waals surface area contributed by atoms with Crippen molar-refractivity contribution in [2.45, 2.75) is 37.8 Å². The van der Waals surface area contributed by atoms with Crippen LogP contribution in [0.5, 0.6) is 5.75 Å². The second-order valence-corrected chi connectivity index (χ2v) is 12.4. The number of thiophene rings is 1. The lowest BCUT2D eigenvalue weighted by Crippen LogP contribution is -2.40. The lowest BCUT2D eigenvalue weighted by molar-refractivity contribution is -0.129.